The Morgan fingerprint density at radius 2 is 2.21 bits per heavy atom. The standard InChI is InChI=1S/C14H17N3O2/c1-11(19-2)14(18)15-10-12-6-3-4-7-13(12)17-9-5-8-16-17/h3-9,11H,10H2,1-2H3,(H,15,18). The topological polar surface area (TPSA) is 56.1 Å². The fourth-order valence-electron chi connectivity index (χ4n) is 1.73. The molecule has 0 radical (unpaired) electrons. The number of nitrogens with zero attached hydrogens (tertiary/aromatic N) is 2. The average molecular weight is 259 g/mol. The van der Waals surface area contributed by atoms with Gasteiger partial charge in [0, 0.05) is 26.0 Å². The molecule has 1 heterocycles. The number of rotatable bonds is 5. The van der Waals surface area contributed by atoms with Crippen molar-refractivity contribution in [2.24, 2.45) is 0 Å². The predicted molar refractivity (Wildman–Crippen MR) is 71.9 cm³/mol. The van der Waals surface area contributed by atoms with Crippen LogP contribution in [0.25, 0.3) is 5.69 Å². The van der Waals surface area contributed by atoms with Gasteiger partial charge in [0.2, 0.25) is 5.91 Å². The first-order valence-corrected chi connectivity index (χ1v) is 6.11. The molecule has 0 aliphatic rings. The molecule has 0 fully saturated rings. The van der Waals surface area contributed by atoms with E-state index >= 15 is 0 Å². The summed E-state index contributed by atoms with van der Waals surface area (Å²) in [6.07, 6.45) is 3.15. The highest BCUT2D eigenvalue weighted by Crippen LogP contribution is 2.13. The Hall–Kier alpha value is -2.14. The van der Waals surface area contributed by atoms with Crippen molar-refractivity contribution in [3.63, 3.8) is 0 Å². The second-order valence-electron chi connectivity index (χ2n) is 4.18. The molecule has 1 aromatic carbocycles. The van der Waals surface area contributed by atoms with Gasteiger partial charge < -0.3 is 10.1 Å². The molecule has 1 N–H and O–H groups in total. The van der Waals surface area contributed by atoms with E-state index in [-0.39, 0.29) is 5.91 Å². The Morgan fingerprint density at radius 1 is 1.42 bits per heavy atom. The van der Waals surface area contributed by atoms with E-state index in [9.17, 15) is 4.79 Å². The maximum Gasteiger partial charge on any atom is 0.249 e. The summed E-state index contributed by atoms with van der Waals surface area (Å²) in [7, 11) is 1.52. The number of benzene rings is 1. The zero-order valence-corrected chi connectivity index (χ0v) is 11.0. The van der Waals surface area contributed by atoms with Gasteiger partial charge in [-0.3, -0.25) is 4.79 Å². The molecule has 0 aliphatic carbocycles. The van der Waals surface area contributed by atoms with Gasteiger partial charge in [-0.2, -0.15) is 5.10 Å². The van der Waals surface area contributed by atoms with E-state index in [0.717, 1.165) is 11.3 Å². The molecule has 5 nitrogen and oxygen atoms in total. The SMILES string of the molecule is COC(C)C(=O)NCc1ccccc1-n1cccn1. The molecule has 1 aromatic heterocycles. The number of carbonyl (C=O) groups is 1. The number of methoxy groups -OCH3 is 1. The molecule has 0 aliphatic heterocycles. The summed E-state index contributed by atoms with van der Waals surface area (Å²) in [5.74, 6) is -0.127. The first-order chi connectivity index (χ1) is 9.22. The van der Waals surface area contributed by atoms with E-state index in [0.29, 0.717) is 6.54 Å². The molecular weight excluding hydrogens is 242 g/mol. The van der Waals surface area contributed by atoms with Crippen LogP contribution in [0.1, 0.15) is 12.5 Å². The van der Waals surface area contributed by atoms with Crippen LogP contribution in [0.5, 0.6) is 0 Å². The summed E-state index contributed by atoms with van der Waals surface area (Å²) in [4.78, 5) is 11.7. The first kappa shape index (κ1) is 13.3. The van der Waals surface area contributed by atoms with E-state index < -0.39 is 6.10 Å². The number of carbonyl (C=O) groups excluding carboxylic acids is 1. The molecule has 100 valence electrons. The maximum absolute atomic E-state index is 11.7. The summed E-state index contributed by atoms with van der Waals surface area (Å²) in [6.45, 7) is 2.16. The van der Waals surface area contributed by atoms with Gasteiger partial charge in [0.1, 0.15) is 6.10 Å². The third-order valence-corrected chi connectivity index (χ3v) is 2.92. The van der Waals surface area contributed by atoms with Gasteiger partial charge in [0.05, 0.1) is 5.69 Å². The Kier molecular flexibility index (Phi) is 4.30. The lowest BCUT2D eigenvalue weighted by Gasteiger charge is -2.13. The fourth-order valence-corrected chi connectivity index (χ4v) is 1.73. The van der Waals surface area contributed by atoms with Crippen LogP contribution in [0.3, 0.4) is 0 Å². The van der Waals surface area contributed by atoms with Crippen LogP contribution in [-0.2, 0) is 16.1 Å². The molecule has 0 saturated heterocycles. The zero-order valence-electron chi connectivity index (χ0n) is 11.0. The lowest BCUT2D eigenvalue weighted by molar-refractivity contribution is -0.130. The lowest BCUT2D eigenvalue weighted by atomic mass is 10.1. The normalized spacial score (nSPS) is 12.1. The van der Waals surface area contributed by atoms with Gasteiger partial charge in [-0.05, 0) is 24.6 Å². The van der Waals surface area contributed by atoms with Gasteiger partial charge in [-0.25, -0.2) is 4.68 Å². The van der Waals surface area contributed by atoms with Crippen molar-refractivity contribution in [1.29, 1.82) is 0 Å². The number of ether oxygens (including phenoxy) is 1. The van der Waals surface area contributed by atoms with Gasteiger partial charge in [-0.1, -0.05) is 18.2 Å². The first-order valence-electron chi connectivity index (χ1n) is 6.11. The van der Waals surface area contributed by atoms with Crippen LogP contribution in [0, 0.1) is 0 Å². The molecular formula is C14H17N3O2. The summed E-state index contributed by atoms with van der Waals surface area (Å²) in [6, 6.07) is 9.68. The van der Waals surface area contributed by atoms with Crippen LogP contribution < -0.4 is 5.32 Å². The van der Waals surface area contributed by atoms with Crippen molar-refractivity contribution in [3.8, 4) is 5.69 Å². The highest BCUT2D eigenvalue weighted by atomic mass is 16.5. The average Bonchev–Trinajstić information content (AvgIpc) is 2.98. The molecule has 2 rings (SSSR count). The van der Waals surface area contributed by atoms with Crippen molar-refractivity contribution in [1.82, 2.24) is 15.1 Å². The number of para-hydroxylation sites is 1. The van der Waals surface area contributed by atoms with Crippen molar-refractivity contribution >= 4 is 5.91 Å². The quantitative estimate of drug-likeness (QED) is 0.885. The van der Waals surface area contributed by atoms with E-state index in [1.807, 2.05) is 36.5 Å². The smallest absolute Gasteiger partial charge is 0.249 e. The molecule has 1 unspecified atom stereocenters. The number of amides is 1. The molecule has 0 spiro atoms. The molecule has 5 heteroatoms. The molecule has 1 atom stereocenters. The van der Waals surface area contributed by atoms with Crippen LogP contribution >= 0.6 is 0 Å². The highest BCUT2D eigenvalue weighted by molar-refractivity contribution is 5.80. The largest absolute Gasteiger partial charge is 0.372 e. The minimum atomic E-state index is -0.447. The number of hydrogen-bond donors (Lipinski definition) is 1. The van der Waals surface area contributed by atoms with Crippen molar-refractivity contribution < 1.29 is 9.53 Å². The third kappa shape index (κ3) is 3.20. The second kappa shape index (κ2) is 6.15. The summed E-state index contributed by atoms with van der Waals surface area (Å²) in [5.41, 5.74) is 1.96. The van der Waals surface area contributed by atoms with Crippen LogP contribution in [-0.4, -0.2) is 28.9 Å². The number of aromatic nitrogens is 2. The van der Waals surface area contributed by atoms with E-state index in [1.165, 1.54) is 7.11 Å². The Morgan fingerprint density at radius 3 is 2.89 bits per heavy atom. The fraction of sp³-hybridized carbons (Fsp3) is 0.286. The molecule has 0 bridgehead atoms. The zero-order chi connectivity index (χ0) is 13.7. The Balaban J connectivity index is 2.11. The van der Waals surface area contributed by atoms with Crippen LogP contribution in [0.2, 0.25) is 0 Å². The monoisotopic (exact) mass is 259 g/mol. The number of nitrogens with one attached hydrogen (secondary N) is 1. The minimum absolute atomic E-state index is 0.127. The van der Waals surface area contributed by atoms with Crippen molar-refractivity contribution in [2.75, 3.05) is 7.11 Å². The van der Waals surface area contributed by atoms with E-state index in [1.54, 1.807) is 17.8 Å². The van der Waals surface area contributed by atoms with E-state index in [4.69, 9.17) is 4.74 Å². The highest BCUT2D eigenvalue weighted by Gasteiger charge is 2.12. The lowest BCUT2D eigenvalue weighted by Crippen LogP contribution is -2.33. The predicted octanol–water partition coefficient (Wildman–Crippen LogP) is 1.52. The molecule has 1 amide bonds. The molecule has 2 aromatic rings. The van der Waals surface area contributed by atoms with E-state index in [2.05, 4.69) is 10.4 Å². The van der Waals surface area contributed by atoms with Crippen molar-refractivity contribution in [2.45, 2.75) is 19.6 Å². The van der Waals surface area contributed by atoms with Crippen LogP contribution in [0.15, 0.2) is 42.7 Å². The Labute approximate surface area is 112 Å². The summed E-state index contributed by atoms with van der Waals surface area (Å²) >= 11 is 0. The second-order valence-corrected chi connectivity index (χ2v) is 4.18. The summed E-state index contributed by atoms with van der Waals surface area (Å²) in [5, 5.41) is 7.05. The molecule has 0 saturated carbocycles. The van der Waals surface area contributed by atoms with Gasteiger partial charge >= 0.3 is 0 Å². The molecule has 19 heavy (non-hydrogen) atoms. The summed E-state index contributed by atoms with van der Waals surface area (Å²) < 4.78 is 6.75. The maximum atomic E-state index is 11.7. The number of hydrogen-bond acceptors (Lipinski definition) is 3. The van der Waals surface area contributed by atoms with Gasteiger partial charge in [-0.15, -0.1) is 0 Å². The van der Waals surface area contributed by atoms with Gasteiger partial charge in [0.25, 0.3) is 0 Å². The van der Waals surface area contributed by atoms with Crippen molar-refractivity contribution in [3.05, 3.63) is 48.3 Å². The van der Waals surface area contributed by atoms with Crippen LogP contribution in [0.4, 0.5) is 0 Å². The minimum Gasteiger partial charge on any atom is -0.372 e. The Bertz CT molecular complexity index is 537. The third-order valence-electron chi connectivity index (χ3n) is 2.92. The van der Waals surface area contributed by atoms with Gasteiger partial charge in [0.15, 0.2) is 0 Å².